The molecule has 11 rings (SSSR count). The molecule has 246 valence electrons. The van der Waals surface area contributed by atoms with Crippen molar-refractivity contribution in [1.29, 1.82) is 0 Å². The molecule has 2 aliphatic carbocycles. The number of nitrogens with zero attached hydrogens (tertiary/aromatic N) is 4. The van der Waals surface area contributed by atoms with Crippen molar-refractivity contribution < 1.29 is 0 Å². The zero-order chi connectivity index (χ0) is 34.9. The summed E-state index contributed by atoms with van der Waals surface area (Å²) in [6.45, 7) is 0. The maximum atomic E-state index is 5.24. The van der Waals surface area contributed by atoms with Gasteiger partial charge in [0, 0.05) is 33.8 Å². The molecule has 2 heterocycles. The molecule has 0 fully saturated rings. The highest BCUT2D eigenvalue weighted by atomic mass is 15.0. The van der Waals surface area contributed by atoms with Crippen molar-refractivity contribution >= 4 is 10.9 Å². The number of hydrogen-bond acceptors (Lipinski definition) is 4. The molecule has 0 radical (unpaired) electrons. The second-order valence-corrected chi connectivity index (χ2v) is 13.8. The fourth-order valence-corrected chi connectivity index (χ4v) is 8.75. The molecule has 0 atom stereocenters. The Labute approximate surface area is 307 Å². The summed E-state index contributed by atoms with van der Waals surface area (Å²) >= 11 is 0. The summed E-state index contributed by atoms with van der Waals surface area (Å²) < 4.78 is 0. The van der Waals surface area contributed by atoms with Gasteiger partial charge >= 0.3 is 0 Å². The summed E-state index contributed by atoms with van der Waals surface area (Å²) in [5, 5.41) is 1.10. The lowest BCUT2D eigenvalue weighted by Crippen LogP contribution is -2.25. The van der Waals surface area contributed by atoms with E-state index in [9.17, 15) is 0 Å². The maximum absolute atomic E-state index is 5.24. The van der Waals surface area contributed by atoms with Gasteiger partial charge in [0.05, 0.1) is 10.9 Å². The molecule has 2 aliphatic rings. The Morgan fingerprint density at radius 3 is 1.49 bits per heavy atom. The molecule has 0 saturated heterocycles. The van der Waals surface area contributed by atoms with Crippen LogP contribution in [0.3, 0.4) is 0 Å². The summed E-state index contributed by atoms with van der Waals surface area (Å²) in [6, 6.07) is 62.5. The van der Waals surface area contributed by atoms with Crippen molar-refractivity contribution in [2.24, 2.45) is 0 Å². The second kappa shape index (κ2) is 11.5. The highest BCUT2D eigenvalue weighted by Crippen LogP contribution is 2.63. The van der Waals surface area contributed by atoms with Gasteiger partial charge in [0.15, 0.2) is 17.5 Å². The lowest BCUT2D eigenvalue weighted by Gasteiger charge is -2.30. The molecule has 2 aromatic heterocycles. The van der Waals surface area contributed by atoms with Gasteiger partial charge in [0.2, 0.25) is 0 Å². The summed E-state index contributed by atoms with van der Waals surface area (Å²) in [5.41, 5.74) is 15.7. The van der Waals surface area contributed by atoms with Crippen molar-refractivity contribution in [1.82, 2.24) is 19.9 Å². The Bertz CT molecular complexity index is 2840. The first-order valence-corrected chi connectivity index (χ1v) is 18.0. The molecular weight excluding hydrogens is 645 g/mol. The lowest BCUT2D eigenvalue weighted by atomic mass is 9.70. The molecule has 7 aromatic carbocycles. The van der Waals surface area contributed by atoms with Crippen molar-refractivity contribution in [3.8, 4) is 67.5 Å². The lowest BCUT2D eigenvalue weighted by molar-refractivity contribution is 0.794. The predicted octanol–water partition coefficient (Wildman–Crippen LogP) is 11.4. The third-order valence-electron chi connectivity index (χ3n) is 11.0. The van der Waals surface area contributed by atoms with Crippen LogP contribution in [0.2, 0.25) is 0 Å². The minimum absolute atomic E-state index is 0.450. The number of pyridine rings is 1. The first-order chi connectivity index (χ1) is 26.3. The largest absolute Gasteiger partial charge is 0.256 e. The average molecular weight is 675 g/mol. The van der Waals surface area contributed by atoms with Gasteiger partial charge in [-0.15, -0.1) is 0 Å². The van der Waals surface area contributed by atoms with Gasteiger partial charge in [-0.3, -0.25) is 4.98 Å². The van der Waals surface area contributed by atoms with E-state index in [0.717, 1.165) is 38.7 Å². The van der Waals surface area contributed by atoms with Gasteiger partial charge in [-0.25, -0.2) is 15.0 Å². The van der Waals surface area contributed by atoms with Crippen molar-refractivity contribution in [3.05, 3.63) is 204 Å². The minimum atomic E-state index is -0.450. The molecule has 0 amide bonds. The van der Waals surface area contributed by atoms with Gasteiger partial charge in [-0.05, 0) is 68.3 Å². The van der Waals surface area contributed by atoms with E-state index < -0.39 is 5.41 Å². The average Bonchev–Trinajstić information content (AvgIpc) is 3.71. The standard InChI is InChI=1S/C49H30N4/c1-2-13-32(14-3-1)46-51-47(34-17-10-16-33(29-34)36-22-11-15-31-18-12-28-50-45(31)36)53-48(52-46)35-26-27-40-39-21-6-9-25-43(39)49(44(40)30-35)41-23-7-4-19-37(41)38-20-5-8-24-42(38)49/h1-30H. The van der Waals surface area contributed by atoms with Crippen LogP contribution >= 0.6 is 0 Å². The van der Waals surface area contributed by atoms with Gasteiger partial charge in [-0.1, -0.05) is 158 Å². The zero-order valence-electron chi connectivity index (χ0n) is 28.6. The van der Waals surface area contributed by atoms with E-state index >= 15 is 0 Å². The van der Waals surface area contributed by atoms with E-state index in [1.165, 1.54) is 44.5 Å². The van der Waals surface area contributed by atoms with E-state index in [-0.39, 0.29) is 0 Å². The Morgan fingerprint density at radius 2 is 0.811 bits per heavy atom. The summed E-state index contributed by atoms with van der Waals surface area (Å²) in [6.07, 6.45) is 1.85. The van der Waals surface area contributed by atoms with Gasteiger partial charge in [-0.2, -0.15) is 0 Å². The van der Waals surface area contributed by atoms with Crippen LogP contribution in [0.5, 0.6) is 0 Å². The predicted molar refractivity (Wildman–Crippen MR) is 213 cm³/mol. The summed E-state index contributed by atoms with van der Waals surface area (Å²) in [4.78, 5) is 20.2. The fraction of sp³-hybridized carbons (Fsp3) is 0.0204. The molecule has 9 aromatic rings. The van der Waals surface area contributed by atoms with Crippen molar-refractivity contribution in [2.45, 2.75) is 5.41 Å². The molecule has 53 heavy (non-hydrogen) atoms. The van der Waals surface area contributed by atoms with Gasteiger partial charge in [0.1, 0.15) is 0 Å². The normalized spacial score (nSPS) is 13.1. The number of rotatable bonds is 4. The van der Waals surface area contributed by atoms with E-state index in [1.54, 1.807) is 0 Å². The van der Waals surface area contributed by atoms with Gasteiger partial charge < -0.3 is 0 Å². The molecule has 0 bridgehead atoms. The maximum Gasteiger partial charge on any atom is 0.164 e. The van der Waals surface area contributed by atoms with E-state index in [2.05, 4.69) is 152 Å². The third kappa shape index (κ3) is 4.36. The smallest absolute Gasteiger partial charge is 0.164 e. The van der Waals surface area contributed by atoms with E-state index in [4.69, 9.17) is 19.9 Å². The van der Waals surface area contributed by atoms with Crippen molar-refractivity contribution in [3.63, 3.8) is 0 Å². The molecule has 1 spiro atoms. The molecule has 4 nitrogen and oxygen atoms in total. The summed E-state index contributed by atoms with van der Waals surface area (Å²) in [7, 11) is 0. The first kappa shape index (κ1) is 29.7. The SMILES string of the molecule is c1ccc(-c2nc(-c3cccc(-c4cccc5cccnc45)c3)nc(-c3ccc4c(c3)C3(c5ccccc5-c5ccccc53)c3ccccc3-4)n2)cc1. The van der Waals surface area contributed by atoms with Crippen LogP contribution in [0, 0.1) is 0 Å². The van der Waals surface area contributed by atoms with Crippen LogP contribution < -0.4 is 0 Å². The Morgan fingerprint density at radius 1 is 0.321 bits per heavy atom. The van der Waals surface area contributed by atoms with Crippen molar-refractivity contribution in [2.75, 3.05) is 0 Å². The van der Waals surface area contributed by atoms with E-state index in [0.29, 0.717) is 17.5 Å². The van der Waals surface area contributed by atoms with E-state index in [1.807, 2.05) is 30.5 Å². The van der Waals surface area contributed by atoms with Crippen LogP contribution in [-0.2, 0) is 5.41 Å². The Balaban J connectivity index is 1.13. The first-order valence-electron chi connectivity index (χ1n) is 18.0. The molecule has 4 heteroatoms. The Hall–Kier alpha value is -7.04. The zero-order valence-corrected chi connectivity index (χ0v) is 28.6. The van der Waals surface area contributed by atoms with Crippen LogP contribution in [0.25, 0.3) is 78.4 Å². The number of para-hydroxylation sites is 1. The number of hydrogen-bond donors (Lipinski definition) is 0. The number of aromatic nitrogens is 4. The third-order valence-corrected chi connectivity index (χ3v) is 11.0. The number of fused-ring (bicyclic) bond motifs is 11. The molecule has 0 N–H and O–H groups in total. The fourth-order valence-electron chi connectivity index (χ4n) is 8.75. The molecule has 0 aliphatic heterocycles. The molecule has 0 saturated carbocycles. The number of benzene rings is 7. The summed E-state index contributed by atoms with van der Waals surface area (Å²) in [5.74, 6) is 1.90. The second-order valence-electron chi connectivity index (χ2n) is 13.8. The quantitative estimate of drug-likeness (QED) is 0.186. The van der Waals surface area contributed by atoms with Crippen LogP contribution in [0.15, 0.2) is 182 Å². The molecular formula is C49H30N4. The van der Waals surface area contributed by atoms with Crippen LogP contribution in [-0.4, -0.2) is 19.9 Å². The highest BCUT2D eigenvalue weighted by Gasteiger charge is 2.51. The minimum Gasteiger partial charge on any atom is -0.256 e. The van der Waals surface area contributed by atoms with Gasteiger partial charge in [0.25, 0.3) is 0 Å². The Kier molecular flexibility index (Phi) is 6.43. The molecule has 0 unspecified atom stereocenters. The topological polar surface area (TPSA) is 51.6 Å². The van der Waals surface area contributed by atoms with Crippen LogP contribution in [0.4, 0.5) is 0 Å². The monoisotopic (exact) mass is 674 g/mol. The highest BCUT2D eigenvalue weighted by molar-refractivity contribution is 5.96. The van der Waals surface area contributed by atoms with Crippen LogP contribution in [0.1, 0.15) is 22.3 Å².